The summed E-state index contributed by atoms with van der Waals surface area (Å²) in [5, 5.41) is 22.5. The molecule has 0 unspecified atom stereocenters. The van der Waals surface area contributed by atoms with E-state index >= 15 is 0 Å². The number of hydrogen-bond acceptors (Lipinski definition) is 6. The van der Waals surface area contributed by atoms with Gasteiger partial charge >= 0.3 is 6.18 Å². The number of halogens is 4. The van der Waals surface area contributed by atoms with E-state index in [1.165, 1.54) is 0 Å². The Kier molecular flexibility index (Phi) is 5.50. The van der Waals surface area contributed by atoms with E-state index in [0.717, 1.165) is 6.21 Å². The van der Waals surface area contributed by atoms with Gasteiger partial charge < -0.3 is 5.11 Å². The average molecular weight is 417 g/mol. The third-order valence-electron chi connectivity index (χ3n) is 3.87. The van der Waals surface area contributed by atoms with Crippen LogP contribution in [0.4, 0.5) is 23.5 Å². The Balaban J connectivity index is 1.94. The molecule has 152 valence electrons. The topological polar surface area (TPSA) is 114 Å². The Hall–Kier alpha value is -4.20. The minimum atomic E-state index is -4.96. The number of nitrogens with one attached hydrogen (secondary N) is 2. The van der Waals surface area contributed by atoms with E-state index in [1.807, 2.05) is 0 Å². The molecule has 3 N–H and O–H groups in total. The van der Waals surface area contributed by atoms with Crippen LogP contribution in [0.2, 0.25) is 0 Å². The van der Waals surface area contributed by atoms with Crippen LogP contribution in [0.5, 0.6) is 5.75 Å². The van der Waals surface area contributed by atoms with E-state index in [9.17, 15) is 32.7 Å². The molecule has 0 fully saturated rings. The number of hydrogen-bond donors (Lipinski definition) is 3. The molecule has 1 heterocycles. The van der Waals surface area contributed by atoms with Gasteiger partial charge in [-0.3, -0.25) is 9.78 Å². The molecule has 0 saturated heterocycles. The molecule has 0 aliphatic heterocycles. The standard InChI is InChI=1S/C19H11F4N5O2/c20-14-7-15(29)11(6-13(14)19(21,22)23)9-25-28-18-26-16(10-4-2-1-3-5-10)12(8-24)17(30)27-18/h1-7,9,29H,(H2,26,27,28,30). The first-order chi connectivity index (χ1) is 14.2. The third kappa shape index (κ3) is 4.27. The van der Waals surface area contributed by atoms with Gasteiger partial charge in [0, 0.05) is 17.2 Å². The van der Waals surface area contributed by atoms with E-state index < -0.39 is 34.4 Å². The molecule has 1 aromatic heterocycles. The second kappa shape index (κ2) is 8.04. The first-order valence-corrected chi connectivity index (χ1v) is 8.19. The van der Waals surface area contributed by atoms with E-state index in [1.54, 1.807) is 36.4 Å². The van der Waals surface area contributed by atoms with Gasteiger partial charge in [-0.15, -0.1) is 0 Å². The number of benzene rings is 2. The summed E-state index contributed by atoms with van der Waals surface area (Å²) >= 11 is 0. The second-order valence-corrected chi connectivity index (χ2v) is 5.87. The molecule has 0 saturated carbocycles. The van der Waals surface area contributed by atoms with Gasteiger partial charge in [0.1, 0.15) is 23.2 Å². The van der Waals surface area contributed by atoms with Crippen molar-refractivity contribution in [2.75, 3.05) is 5.43 Å². The summed E-state index contributed by atoms with van der Waals surface area (Å²) in [5.74, 6) is -2.60. The maximum absolute atomic E-state index is 13.4. The van der Waals surface area contributed by atoms with E-state index in [2.05, 4.69) is 20.5 Å². The first kappa shape index (κ1) is 20.5. The average Bonchev–Trinajstić information content (AvgIpc) is 2.69. The molecule has 0 spiro atoms. The van der Waals surface area contributed by atoms with E-state index in [-0.39, 0.29) is 17.2 Å². The van der Waals surface area contributed by atoms with Crippen molar-refractivity contribution in [3.05, 3.63) is 75.3 Å². The Morgan fingerprint density at radius 2 is 1.93 bits per heavy atom. The van der Waals surface area contributed by atoms with E-state index in [4.69, 9.17) is 0 Å². The summed E-state index contributed by atoms with van der Waals surface area (Å²) < 4.78 is 51.9. The number of nitriles is 1. The van der Waals surface area contributed by atoms with Crippen LogP contribution in [0, 0.1) is 17.1 Å². The number of H-pyrrole nitrogens is 1. The van der Waals surface area contributed by atoms with Crippen LogP contribution in [0.1, 0.15) is 16.7 Å². The minimum Gasteiger partial charge on any atom is -0.507 e. The van der Waals surface area contributed by atoms with Gasteiger partial charge in [0.05, 0.1) is 17.5 Å². The molecule has 0 bridgehead atoms. The van der Waals surface area contributed by atoms with Crippen molar-refractivity contribution in [1.29, 1.82) is 5.26 Å². The maximum Gasteiger partial charge on any atom is 0.419 e. The number of aromatic amines is 1. The number of rotatable bonds is 4. The number of aromatic hydroxyl groups is 1. The fraction of sp³-hybridized carbons (Fsp3) is 0.0526. The molecule has 11 heteroatoms. The monoisotopic (exact) mass is 417 g/mol. The van der Waals surface area contributed by atoms with Crippen LogP contribution in [-0.2, 0) is 6.18 Å². The van der Waals surface area contributed by atoms with E-state index in [0.29, 0.717) is 17.7 Å². The lowest BCUT2D eigenvalue weighted by Gasteiger charge is -2.10. The lowest BCUT2D eigenvalue weighted by atomic mass is 10.1. The number of nitrogens with zero attached hydrogens (tertiary/aromatic N) is 3. The molecule has 0 radical (unpaired) electrons. The molecular weight excluding hydrogens is 406 g/mol. The zero-order valence-electron chi connectivity index (χ0n) is 14.8. The molecule has 30 heavy (non-hydrogen) atoms. The Morgan fingerprint density at radius 1 is 1.23 bits per heavy atom. The minimum absolute atomic E-state index is 0.0727. The van der Waals surface area contributed by atoms with Crippen molar-refractivity contribution in [2.45, 2.75) is 6.18 Å². The van der Waals surface area contributed by atoms with Gasteiger partial charge in [0.2, 0.25) is 5.95 Å². The number of phenols is 1. The lowest BCUT2D eigenvalue weighted by molar-refractivity contribution is -0.140. The fourth-order valence-corrected chi connectivity index (χ4v) is 2.50. The van der Waals surface area contributed by atoms with Crippen LogP contribution >= 0.6 is 0 Å². The Bertz CT molecular complexity index is 1210. The summed E-state index contributed by atoms with van der Waals surface area (Å²) in [6, 6.07) is 10.8. The molecule has 0 atom stereocenters. The van der Waals surface area contributed by atoms with Crippen LogP contribution in [0.15, 0.2) is 52.4 Å². The second-order valence-electron chi connectivity index (χ2n) is 5.87. The first-order valence-electron chi connectivity index (χ1n) is 8.19. The van der Waals surface area contributed by atoms with Gasteiger partial charge in [-0.1, -0.05) is 30.3 Å². The predicted octanol–water partition coefficient (Wildman–Crippen LogP) is 3.62. The highest BCUT2D eigenvalue weighted by Crippen LogP contribution is 2.34. The van der Waals surface area contributed by atoms with Crippen molar-refractivity contribution in [2.24, 2.45) is 5.10 Å². The van der Waals surface area contributed by atoms with Gasteiger partial charge in [-0.2, -0.15) is 23.5 Å². The van der Waals surface area contributed by atoms with Crippen LogP contribution < -0.4 is 11.0 Å². The van der Waals surface area contributed by atoms with Crippen molar-refractivity contribution in [3.63, 3.8) is 0 Å². The van der Waals surface area contributed by atoms with Gasteiger partial charge in [-0.25, -0.2) is 14.8 Å². The van der Waals surface area contributed by atoms with Gasteiger partial charge in [-0.05, 0) is 6.07 Å². The Morgan fingerprint density at radius 3 is 2.57 bits per heavy atom. The molecule has 0 aliphatic rings. The van der Waals surface area contributed by atoms with Crippen LogP contribution in [-0.4, -0.2) is 21.3 Å². The normalized spacial score (nSPS) is 11.4. The summed E-state index contributed by atoms with van der Waals surface area (Å²) in [6.45, 7) is 0. The molecule has 7 nitrogen and oxygen atoms in total. The molecule has 3 rings (SSSR count). The number of anilines is 1. The summed E-state index contributed by atoms with van der Waals surface area (Å²) in [5.41, 5.74) is -0.123. The number of aromatic nitrogens is 2. The zero-order chi connectivity index (χ0) is 21.9. The number of phenolic OH excluding ortho intramolecular Hbond substituents is 1. The van der Waals surface area contributed by atoms with Gasteiger partial charge in [0.15, 0.2) is 0 Å². The lowest BCUT2D eigenvalue weighted by Crippen LogP contribution is -2.16. The Labute approximate surface area is 166 Å². The molecule has 0 amide bonds. The highest BCUT2D eigenvalue weighted by Gasteiger charge is 2.34. The number of alkyl halides is 3. The maximum atomic E-state index is 13.4. The van der Waals surface area contributed by atoms with Crippen molar-refractivity contribution < 1.29 is 22.7 Å². The quantitative estimate of drug-likeness (QED) is 0.341. The highest BCUT2D eigenvalue weighted by molar-refractivity contribution is 5.84. The molecule has 2 aromatic carbocycles. The number of hydrazone groups is 1. The fourth-order valence-electron chi connectivity index (χ4n) is 2.50. The SMILES string of the molecule is N#Cc1c(-c2ccccc2)nc(NN=Cc2cc(C(F)(F)F)c(F)cc2O)[nH]c1=O. The zero-order valence-corrected chi connectivity index (χ0v) is 14.8. The summed E-state index contributed by atoms with van der Waals surface area (Å²) in [7, 11) is 0. The van der Waals surface area contributed by atoms with Crippen molar-refractivity contribution >= 4 is 12.2 Å². The van der Waals surface area contributed by atoms with Crippen LogP contribution in [0.25, 0.3) is 11.3 Å². The summed E-state index contributed by atoms with van der Waals surface area (Å²) in [6.07, 6.45) is -4.16. The highest BCUT2D eigenvalue weighted by atomic mass is 19.4. The predicted molar refractivity (Wildman–Crippen MR) is 99.3 cm³/mol. The smallest absolute Gasteiger partial charge is 0.419 e. The van der Waals surface area contributed by atoms with Crippen LogP contribution in [0.3, 0.4) is 0 Å². The van der Waals surface area contributed by atoms with Gasteiger partial charge in [0.25, 0.3) is 5.56 Å². The summed E-state index contributed by atoms with van der Waals surface area (Å²) in [4.78, 5) is 18.5. The molecule has 3 aromatic rings. The van der Waals surface area contributed by atoms with Crippen molar-refractivity contribution in [1.82, 2.24) is 9.97 Å². The van der Waals surface area contributed by atoms with Crippen molar-refractivity contribution in [3.8, 4) is 23.1 Å². The molecular formula is C19H11F4N5O2. The third-order valence-corrected chi connectivity index (χ3v) is 3.87. The molecule has 0 aliphatic carbocycles. The largest absolute Gasteiger partial charge is 0.507 e.